The zero-order valence-electron chi connectivity index (χ0n) is 16.8. The van der Waals surface area contributed by atoms with E-state index < -0.39 is 5.91 Å². The number of fused-ring (bicyclic) bond motifs is 2. The first-order valence-electron chi connectivity index (χ1n) is 9.47. The summed E-state index contributed by atoms with van der Waals surface area (Å²) in [7, 11) is 3.17. The van der Waals surface area contributed by atoms with Gasteiger partial charge in [-0.25, -0.2) is 4.98 Å². The van der Waals surface area contributed by atoms with E-state index in [1.807, 2.05) is 24.3 Å². The Morgan fingerprint density at radius 1 is 0.935 bits per heavy atom. The number of pyridine rings is 1. The maximum absolute atomic E-state index is 11.7. The largest absolute Gasteiger partial charge is 0.496 e. The first kappa shape index (κ1) is 18.7. The normalized spacial score (nSPS) is 11.2. The molecule has 0 aliphatic heterocycles. The summed E-state index contributed by atoms with van der Waals surface area (Å²) >= 11 is 0. The summed E-state index contributed by atoms with van der Waals surface area (Å²) in [6.45, 7) is 0. The standard InChI is InChI=1S/C23H18N4O4/c1-29-19-4-3-12(23(24)28)7-15(19)21-10-18-22(31-21)13(5-6-25-18)14-8-16-17(27-11-26-16)9-20(14)30-2/h3-11H,1-2H3,(H2,24,28)(H,26,27). The first-order valence-corrected chi connectivity index (χ1v) is 9.47. The molecule has 8 heteroatoms. The second-order valence-corrected chi connectivity index (χ2v) is 6.94. The predicted molar refractivity (Wildman–Crippen MR) is 116 cm³/mol. The van der Waals surface area contributed by atoms with E-state index in [2.05, 4.69) is 15.0 Å². The van der Waals surface area contributed by atoms with Gasteiger partial charge in [0.15, 0.2) is 5.58 Å². The molecule has 0 unspecified atom stereocenters. The molecule has 5 rings (SSSR count). The van der Waals surface area contributed by atoms with Crippen molar-refractivity contribution in [3.63, 3.8) is 0 Å². The summed E-state index contributed by atoms with van der Waals surface area (Å²) in [6, 6.07) is 12.5. The maximum atomic E-state index is 11.7. The highest BCUT2D eigenvalue weighted by Crippen LogP contribution is 2.40. The van der Waals surface area contributed by atoms with Crippen molar-refractivity contribution in [3.05, 3.63) is 60.6 Å². The van der Waals surface area contributed by atoms with Crippen LogP contribution in [0, 0.1) is 0 Å². The summed E-state index contributed by atoms with van der Waals surface area (Å²) in [6.07, 6.45) is 3.35. The van der Waals surface area contributed by atoms with Crippen LogP contribution in [0.1, 0.15) is 10.4 Å². The van der Waals surface area contributed by atoms with Crippen LogP contribution in [0.2, 0.25) is 0 Å². The van der Waals surface area contributed by atoms with Crippen LogP contribution in [0.5, 0.6) is 11.5 Å². The van der Waals surface area contributed by atoms with E-state index >= 15 is 0 Å². The Morgan fingerprint density at radius 3 is 2.55 bits per heavy atom. The molecule has 0 saturated carbocycles. The molecule has 8 nitrogen and oxygen atoms in total. The minimum Gasteiger partial charge on any atom is -0.496 e. The van der Waals surface area contributed by atoms with Gasteiger partial charge in [0.1, 0.15) is 22.8 Å². The Balaban J connectivity index is 1.73. The number of H-pyrrole nitrogens is 1. The molecule has 0 atom stereocenters. The van der Waals surface area contributed by atoms with Crippen molar-refractivity contribution in [3.8, 4) is 33.9 Å². The van der Waals surface area contributed by atoms with Gasteiger partial charge in [0.2, 0.25) is 5.91 Å². The number of nitrogens with two attached hydrogens (primary N) is 1. The Morgan fingerprint density at radius 2 is 1.77 bits per heavy atom. The van der Waals surface area contributed by atoms with E-state index in [1.54, 1.807) is 44.9 Å². The number of amides is 1. The quantitative estimate of drug-likeness (QED) is 0.446. The molecule has 154 valence electrons. The lowest BCUT2D eigenvalue weighted by molar-refractivity contribution is 0.100. The van der Waals surface area contributed by atoms with Crippen LogP contribution in [0.25, 0.3) is 44.6 Å². The van der Waals surface area contributed by atoms with Gasteiger partial charge in [0.05, 0.1) is 37.1 Å². The minimum absolute atomic E-state index is 0.357. The summed E-state index contributed by atoms with van der Waals surface area (Å²) in [4.78, 5) is 23.5. The second kappa shape index (κ2) is 7.17. The van der Waals surface area contributed by atoms with Crippen molar-refractivity contribution in [2.24, 2.45) is 5.73 Å². The van der Waals surface area contributed by atoms with Crippen molar-refractivity contribution < 1.29 is 18.7 Å². The number of methoxy groups -OCH3 is 2. The molecule has 0 radical (unpaired) electrons. The number of aromatic nitrogens is 3. The fraction of sp³-hybridized carbons (Fsp3) is 0.0870. The predicted octanol–water partition coefficient (Wildman–Crippen LogP) is 4.15. The van der Waals surface area contributed by atoms with E-state index in [0.717, 1.165) is 22.2 Å². The number of rotatable bonds is 5. The van der Waals surface area contributed by atoms with Crippen LogP contribution in [0.4, 0.5) is 0 Å². The molecule has 2 aromatic carbocycles. The highest BCUT2D eigenvalue weighted by molar-refractivity contribution is 5.98. The lowest BCUT2D eigenvalue weighted by Crippen LogP contribution is -2.10. The number of aromatic amines is 1. The molecule has 0 aliphatic carbocycles. The smallest absolute Gasteiger partial charge is 0.248 e. The molecule has 0 aliphatic rings. The summed E-state index contributed by atoms with van der Waals surface area (Å²) in [5.41, 5.74) is 11.0. The fourth-order valence-electron chi connectivity index (χ4n) is 3.68. The number of carbonyl (C=O) groups is 1. The SMILES string of the molecule is COc1ccc(C(N)=O)cc1-c1cc2nccc(-c3cc4[nH]cnc4cc3OC)c2o1. The van der Waals surface area contributed by atoms with Gasteiger partial charge in [-0.15, -0.1) is 0 Å². The van der Waals surface area contributed by atoms with Crippen LogP contribution in [-0.4, -0.2) is 35.1 Å². The van der Waals surface area contributed by atoms with Crippen molar-refractivity contribution >= 4 is 28.0 Å². The van der Waals surface area contributed by atoms with E-state index in [1.165, 1.54) is 0 Å². The van der Waals surface area contributed by atoms with Gasteiger partial charge >= 0.3 is 0 Å². The average Bonchev–Trinajstić information content (AvgIpc) is 3.43. The van der Waals surface area contributed by atoms with E-state index in [-0.39, 0.29) is 0 Å². The van der Waals surface area contributed by atoms with Crippen LogP contribution in [0.3, 0.4) is 0 Å². The number of nitrogens with zero attached hydrogens (tertiary/aromatic N) is 2. The van der Waals surface area contributed by atoms with E-state index in [9.17, 15) is 4.79 Å². The number of furan rings is 1. The van der Waals surface area contributed by atoms with Crippen molar-refractivity contribution in [1.29, 1.82) is 0 Å². The third kappa shape index (κ3) is 3.05. The number of ether oxygens (including phenoxy) is 2. The van der Waals surface area contributed by atoms with Crippen molar-refractivity contribution in [2.45, 2.75) is 0 Å². The Labute approximate surface area is 176 Å². The topological polar surface area (TPSA) is 116 Å². The van der Waals surface area contributed by atoms with Gasteiger partial charge in [0, 0.05) is 35.0 Å². The number of hydrogen-bond acceptors (Lipinski definition) is 6. The lowest BCUT2D eigenvalue weighted by atomic mass is 10.0. The van der Waals surface area contributed by atoms with Gasteiger partial charge in [-0.1, -0.05) is 0 Å². The third-order valence-corrected chi connectivity index (χ3v) is 5.19. The molecule has 0 bridgehead atoms. The number of hydrogen-bond donors (Lipinski definition) is 2. The van der Waals surface area contributed by atoms with Crippen LogP contribution >= 0.6 is 0 Å². The molecule has 3 N–H and O–H groups in total. The first-order chi connectivity index (χ1) is 15.1. The average molecular weight is 414 g/mol. The molecule has 0 saturated heterocycles. The van der Waals surface area contributed by atoms with Gasteiger partial charge in [-0.2, -0.15) is 0 Å². The number of carbonyl (C=O) groups excluding carboxylic acids is 1. The summed E-state index contributed by atoms with van der Waals surface area (Å²) < 4.78 is 17.3. The van der Waals surface area contributed by atoms with E-state index in [0.29, 0.717) is 39.5 Å². The van der Waals surface area contributed by atoms with Crippen LogP contribution in [-0.2, 0) is 0 Å². The van der Waals surface area contributed by atoms with Gasteiger partial charge in [0.25, 0.3) is 0 Å². The highest BCUT2D eigenvalue weighted by atomic mass is 16.5. The van der Waals surface area contributed by atoms with Gasteiger partial charge in [-0.05, 0) is 30.3 Å². The monoisotopic (exact) mass is 414 g/mol. The molecule has 31 heavy (non-hydrogen) atoms. The number of nitrogens with one attached hydrogen (secondary N) is 1. The van der Waals surface area contributed by atoms with Gasteiger partial charge < -0.3 is 24.6 Å². The Hall–Kier alpha value is -4.33. The molecule has 5 aromatic rings. The van der Waals surface area contributed by atoms with Gasteiger partial charge in [-0.3, -0.25) is 9.78 Å². The summed E-state index contributed by atoms with van der Waals surface area (Å²) in [5.74, 6) is 1.20. The maximum Gasteiger partial charge on any atom is 0.248 e. The minimum atomic E-state index is -0.531. The molecule has 0 fully saturated rings. The number of primary amides is 1. The van der Waals surface area contributed by atoms with Crippen molar-refractivity contribution in [2.75, 3.05) is 14.2 Å². The van der Waals surface area contributed by atoms with Crippen LogP contribution < -0.4 is 15.2 Å². The zero-order valence-corrected chi connectivity index (χ0v) is 16.8. The Bertz CT molecular complexity index is 1450. The Kier molecular flexibility index (Phi) is 4.32. The van der Waals surface area contributed by atoms with Crippen LogP contribution in [0.15, 0.2) is 59.4 Å². The zero-order chi connectivity index (χ0) is 21.5. The molecule has 1 amide bonds. The fourth-order valence-corrected chi connectivity index (χ4v) is 3.68. The van der Waals surface area contributed by atoms with Crippen molar-refractivity contribution in [1.82, 2.24) is 15.0 Å². The molecule has 3 heterocycles. The number of benzene rings is 2. The highest BCUT2D eigenvalue weighted by Gasteiger charge is 2.19. The molecular weight excluding hydrogens is 396 g/mol. The lowest BCUT2D eigenvalue weighted by Gasteiger charge is -2.09. The second-order valence-electron chi connectivity index (χ2n) is 6.94. The molecule has 3 aromatic heterocycles. The number of imidazole rings is 1. The third-order valence-electron chi connectivity index (χ3n) is 5.19. The summed E-state index contributed by atoms with van der Waals surface area (Å²) in [5, 5.41) is 0. The molecule has 0 spiro atoms. The van der Waals surface area contributed by atoms with E-state index in [4.69, 9.17) is 19.6 Å². The molecular formula is C23H18N4O4.